The van der Waals surface area contributed by atoms with Crippen molar-refractivity contribution in [3.63, 3.8) is 0 Å². The molecule has 1 aliphatic heterocycles. The molecule has 5 aromatic carbocycles. The van der Waals surface area contributed by atoms with E-state index in [0.717, 1.165) is 16.8 Å². The monoisotopic (exact) mass is 841 g/mol. The average Bonchev–Trinajstić information content (AvgIpc) is 4.09. The molecule has 0 saturated heterocycles. The molecule has 4 N–H and O–H groups in total. The predicted octanol–water partition coefficient (Wildman–Crippen LogP) is 15.3. The molecule has 0 fully saturated rings. The molecule has 0 bridgehead atoms. The number of aromatic amines is 3. The van der Waals surface area contributed by atoms with E-state index in [1.54, 1.807) is 0 Å². The largest absolute Gasteiger partial charge is 0.361 e. The summed E-state index contributed by atoms with van der Waals surface area (Å²) in [7, 11) is 2.11. The fourth-order valence-corrected chi connectivity index (χ4v) is 8.76. The lowest BCUT2D eigenvalue weighted by Gasteiger charge is -2.11. The normalized spacial score (nSPS) is 13.2. The van der Waals surface area contributed by atoms with Gasteiger partial charge in [-0.05, 0) is 89.1 Å². The summed E-state index contributed by atoms with van der Waals surface area (Å²) in [6.45, 7) is 24.0. The second kappa shape index (κ2) is 20.7. The number of H-pyrrole nitrogens is 3. The fraction of sp³-hybridized carbons (Fsp3) is 0.321. The van der Waals surface area contributed by atoms with Crippen LogP contribution in [-0.4, -0.2) is 30.6 Å². The second-order valence-electron chi connectivity index (χ2n) is 18.3. The van der Waals surface area contributed by atoms with Crippen LogP contribution in [0, 0.1) is 12.8 Å². The van der Waals surface area contributed by atoms with Crippen molar-refractivity contribution in [2.75, 3.05) is 5.32 Å². The van der Waals surface area contributed by atoms with Gasteiger partial charge in [-0.2, -0.15) is 5.10 Å². The molecule has 0 aliphatic carbocycles. The van der Waals surface area contributed by atoms with Gasteiger partial charge in [-0.25, -0.2) is 0 Å². The number of carbonyl (C=O) groups excluding carboxylic acids is 1. The van der Waals surface area contributed by atoms with E-state index in [-0.39, 0.29) is 11.8 Å². The summed E-state index contributed by atoms with van der Waals surface area (Å²) in [4.78, 5) is 18.2. The van der Waals surface area contributed by atoms with E-state index < -0.39 is 0 Å². The van der Waals surface area contributed by atoms with Crippen LogP contribution in [0.3, 0.4) is 0 Å². The number of aromatic nitrogens is 5. The number of anilines is 1. The molecule has 1 unspecified atom stereocenters. The zero-order valence-corrected chi connectivity index (χ0v) is 39.5. The van der Waals surface area contributed by atoms with E-state index >= 15 is 0 Å². The number of rotatable bonds is 5. The number of aryl methyl sites for hydroxylation is 2. The Morgan fingerprint density at radius 2 is 1.16 bits per heavy atom. The maximum atomic E-state index is 11.6. The number of amides is 1. The van der Waals surface area contributed by atoms with Crippen molar-refractivity contribution >= 4 is 55.2 Å². The van der Waals surface area contributed by atoms with Crippen LogP contribution in [0.1, 0.15) is 132 Å². The number of para-hydroxylation sites is 5. The smallest absolute Gasteiger partial charge is 0.232 e. The van der Waals surface area contributed by atoms with Gasteiger partial charge in [0.2, 0.25) is 5.91 Å². The molecule has 1 atom stereocenters. The van der Waals surface area contributed by atoms with E-state index in [4.69, 9.17) is 0 Å². The number of nitrogens with zero attached hydrogens (tertiary/aromatic N) is 2. The number of fused-ring (bicyclic) bond motifs is 5. The SMILES string of the molecule is CC(C)C1C(=O)Nc2ccccc21.CC(C)c1[nH]nc2ccccc12.CC(C)c1c[nH]c2ccccc12.CC(C)c1cn(C)c2ccccc12.Cc1[nH]c2ccccc2c1C(C)C. The lowest BCUT2D eigenvalue weighted by molar-refractivity contribution is -0.117. The number of hydrogen-bond donors (Lipinski definition) is 4. The molecule has 10 rings (SSSR count). The molecule has 4 aromatic heterocycles. The number of hydrogen-bond acceptors (Lipinski definition) is 2. The maximum absolute atomic E-state index is 11.6. The first-order valence-electron chi connectivity index (χ1n) is 22.7. The second-order valence-corrected chi connectivity index (χ2v) is 18.3. The molecule has 1 aliphatic rings. The zero-order chi connectivity index (χ0) is 45.4. The molecule has 7 nitrogen and oxygen atoms in total. The third kappa shape index (κ3) is 10.7. The van der Waals surface area contributed by atoms with Gasteiger partial charge in [0, 0.05) is 74.6 Å². The van der Waals surface area contributed by atoms with Gasteiger partial charge < -0.3 is 19.9 Å². The molecule has 0 radical (unpaired) electrons. The minimum Gasteiger partial charge on any atom is -0.361 e. The fourth-order valence-electron chi connectivity index (χ4n) is 8.76. The Morgan fingerprint density at radius 3 is 1.81 bits per heavy atom. The first-order valence-corrected chi connectivity index (χ1v) is 22.7. The van der Waals surface area contributed by atoms with Crippen LogP contribution in [0.4, 0.5) is 5.69 Å². The van der Waals surface area contributed by atoms with Gasteiger partial charge in [-0.15, -0.1) is 0 Å². The first kappa shape index (κ1) is 46.2. The molecule has 63 heavy (non-hydrogen) atoms. The minimum atomic E-state index is 0.0381. The van der Waals surface area contributed by atoms with Gasteiger partial charge in [-0.1, -0.05) is 160 Å². The molecular weight excluding hydrogens is 773 g/mol. The Labute approximate surface area is 374 Å². The Balaban J connectivity index is 0.000000131. The van der Waals surface area contributed by atoms with Crippen LogP contribution in [0.5, 0.6) is 0 Å². The van der Waals surface area contributed by atoms with Crippen LogP contribution < -0.4 is 5.32 Å². The highest BCUT2D eigenvalue weighted by molar-refractivity contribution is 6.03. The van der Waals surface area contributed by atoms with E-state index in [0.29, 0.717) is 29.6 Å². The van der Waals surface area contributed by atoms with E-state index in [2.05, 4.69) is 205 Å². The Hall–Kier alpha value is -6.34. The van der Waals surface area contributed by atoms with Gasteiger partial charge in [0.15, 0.2) is 0 Å². The summed E-state index contributed by atoms with van der Waals surface area (Å²) in [5.74, 6) is 2.84. The van der Waals surface area contributed by atoms with Crippen molar-refractivity contribution in [1.29, 1.82) is 0 Å². The summed E-state index contributed by atoms with van der Waals surface area (Å²) in [6.07, 6.45) is 4.34. The van der Waals surface area contributed by atoms with Crippen LogP contribution >= 0.6 is 0 Å². The highest BCUT2D eigenvalue weighted by Gasteiger charge is 2.32. The molecule has 9 aromatic rings. The standard InChI is InChI=1S/2C12H15N.C11H13NO.C11H13N.C10H12N2/c1-9(2)11-8-13(3)12-7-5-4-6-10(11)12;1-8(2)12-9(3)13-11-7-5-4-6-10(11)12;1-7(2)10-8-5-3-4-6-9(8)12-11(10)13;1-8(2)10-7-12-11-6-4-3-5-9(10)11;1-7(2)10-8-5-3-4-6-9(8)11-12-10/h4-9H,1-3H3;4-8,13H,1-3H3;3-7,10H,1-2H3,(H,12,13);3-8,12H,1-2H3;3-7H,1-2H3,(H,11,12). The van der Waals surface area contributed by atoms with E-state index in [1.165, 1.54) is 66.2 Å². The van der Waals surface area contributed by atoms with Gasteiger partial charge >= 0.3 is 0 Å². The van der Waals surface area contributed by atoms with Gasteiger partial charge in [0.25, 0.3) is 0 Å². The summed E-state index contributed by atoms with van der Waals surface area (Å²) >= 11 is 0. The molecule has 1 amide bonds. The molecule has 7 heteroatoms. The number of benzene rings is 5. The van der Waals surface area contributed by atoms with Crippen LogP contribution in [0.2, 0.25) is 0 Å². The Bertz CT molecular complexity index is 2790. The van der Waals surface area contributed by atoms with Crippen LogP contribution in [-0.2, 0) is 11.8 Å². The van der Waals surface area contributed by atoms with Crippen molar-refractivity contribution in [2.24, 2.45) is 13.0 Å². The lowest BCUT2D eigenvalue weighted by Crippen LogP contribution is -2.16. The summed E-state index contributed by atoms with van der Waals surface area (Å²) < 4.78 is 2.20. The molecule has 328 valence electrons. The van der Waals surface area contributed by atoms with Gasteiger partial charge in [0.05, 0.1) is 11.4 Å². The highest BCUT2D eigenvalue weighted by Crippen LogP contribution is 2.37. The lowest BCUT2D eigenvalue weighted by atomic mass is 9.90. The summed E-state index contributed by atoms with van der Waals surface area (Å²) in [5.41, 5.74) is 13.8. The quantitative estimate of drug-likeness (QED) is 0.139. The number of carbonyl (C=O) groups is 1. The zero-order valence-electron chi connectivity index (χ0n) is 39.5. The summed E-state index contributed by atoms with van der Waals surface area (Å²) in [5, 5.41) is 15.5. The topological polar surface area (TPSA) is 94.3 Å². The molecular formula is C56H68N6O. The first-order chi connectivity index (χ1) is 30.2. The highest BCUT2D eigenvalue weighted by atomic mass is 16.2. The summed E-state index contributed by atoms with van der Waals surface area (Å²) in [6, 6.07) is 41.6. The van der Waals surface area contributed by atoms with Crippen LogP contribution in [0.25, 0.3) is 43.6 Å². The third-order valence-electron chi connectivity index (χ3n) is 11.9. The average molecular weight is 841 g/mol. The maximum Gasteiger partial charge on any atom is 0.232 e. The van der Waals surface area contributed by atoms with Crippen molar-refractivity contribution in [2.45, 2.75) is 106 Å². The number of nitrogens with one attached hydrogen (secondary N) is 4. The van der Waals surface area contributed by atoms with Crippen molar-refractivity contribution in [3.8, 4) is 0 Å². The Morgan fingerprint density at radius 1 is 0.587 bits per heavy atom. The Kier molecular flexibility index (Phi) is 15.2. The van der Waals surface area contributed by atoms with E-state index in [1.807, 2.05) is 42.5 Å². The van der Waals surface area contributed by atoms with Crippen LogP contribution in [0.15, 0.2) is 134 Å². The van der Waals surface area contributed by atoms with E-state index in [9.17, 15) is 4.79 Å². The van der Waals surface area contributed by atoms with Gasteiger partial charge in [0.1, 0.15) is 0 Å². The van der Waals surface area contributed by atoms with Crippen molar-refractivity contribution < 1.29 is 4.79 Å². The minimum absolute atomic E-state index is 0.0381. The third-order valence-corrected chi connectivity index (χ3v) is 11.9. The molecule has 5 heterocycles. The molecule has 0 saturated carbocycles. The predicted molar refractivity (Wildman–Crippen MR) is 269 cm³/mol. The molecule has 0 spiro atoms. The van der Waals surface area contributed by atoms with Gasteiger partial charge in [-0.3, -0.25) is 9.89 Å². The van der Waals surface area contributed by atoms with Crippen molar-refractivity contribution in [3.05, 3.63) is 167 Å². The van der Waals surface area contributed by atoms with Crippen molar-refractivity contribution in [1.82, 2.24) is 24.7 Å².